The van der Waals surface area contributed by atoms with Gasteiger partial charge in [0.05, 0.1) is 12.6 Å². The van der Waals surface area contributed by atoms with Gasteiger partial charge >= 0.3 is 5.97 Å². The Hall–Kier alpha value is -3.46. The quantitative estimate of drug-likeness (QED) is 0.0511. The zero-order chi connectivity index (χ0) is 26.1. The zero-order valence-electron chi connectivity index (χ0n) is 19.1. The van der Waals surface area contributed by atoms with Gasteiger partial charge in [-0.25, -0.2) is 4.79 Å². The maximum Gasteiger partial charge on any atom is 0.326 e. The first-order valence-electron chi connectivity index (χ1n) is 10.9. The highest BCUT2D eigenvalue weighted by Gasteiger charge is 2.25. The Balaban J connectivity index is 4.84. The van der Waals surface area contributed by atoms with Gasteiger partial charge in [-0.2, -0.15) is 0 Å². The van der Waals surface area contributed by atoms with Crippen molar-refractivity contribution in [2.45, 2.75) is 63.1 Å². The van der Waals surface area contributed by atoms with Crippen molar-refractivity contribution in [3.63, 3.8) is 0 Å². The maximum absolute atomic E-state index is 12.6. The second-order valence-corrected chi connectivity index (χ2v) is 7.58. The number of aliphatic imine (C=N–C) groups is 1. The average molecular weight is 488 g/mol. The molecule has 0 bridgehead atoms. The molecule has 15 heteroatoms. The number of unbranched alkanes of at least 4 members (excludes halogenated alkanes) is 1. The number of amides is 4. The molecule has 15 nitrogen and oxygen atoms in total. The molecule has 0 aromatic rings. The number of carbonyl (C=O) groups is 5. The Morgan fingerprint density at radius 1 is 0.853 bits per heavy atom. The van der Waals surface area contributed by atoms with Crippen molar-refractivity contribution in [3.8, 4) is 0 Å². The first kappa shape index (κ1) is 30.5. The molecule has 0 rings (SSSR count). The van der Waals surface area contributed by atoms with E-state index in [4.69, 9.17) is 33.8 Å². The van der Waals surface area contributed by atoms with Crippen LogP contribution in [0.15, 0.2) is 4.99 Å². The largest absolute Gasteiger partial charge is 0.480 e. The number of carbonyl (C=O) groups excluding carboxylic acids is 4. The highest BCUT2D eigenvalue weighted by molar-refractivity contribution is 5.92. The van der Waals surface area contributed by atoms with Crippen molar-refractivity contribution in [2.75, 3.05) is 19.6 Å². The van der Waals surface area contributed by atoms with Crippen LogP contribution in [-0.2, 0) is 24.0 Å². The molecule has 0 spiro atoms. The maximum atomic E-state index is 12.6. The third-order valence-electron chi connectivity index (χ3n) is 4.62. The third kappa shape index (κ3) is 14.6. The zero-order valence-corrected chi connectivity index (χ0v) is 19.1. The van der Waals surface area contributed by atoms with Gasteiger partial charge in [0.15, 0.2) is 5.96 Å². The molecular weight excluding hydrogens is 450 g/mol. The summed E-state index contributed by atoms with van der Waals surface area (Å²) in [5.74, 6) is -4.10. The highest BCUT2D eigenvalue weighted by atomic mass is 16.4. The number of guanidine groups is 1. The molecule has 14 N–H and O–H groups in total. The molecule has 0 fully saturated rings. The summed E-state index contributed by atoms with van der Waals surface area (Å²) >= 11 is 0. The fraction of sp³-hybridized carbons (Fsp3) is 0.684. The van der Waals surface area contributed by atoms with E-state index in [1.807, 2.05) is 0 Å². The summed E-state index contributed by atoms with van der Waals surface area (Å²) in [6.45, 7) is 0.166. The van der Waals surface area contributed by atoms with Gasteiger partial charge < -0.3 is 49.7 Å². The van der Waals surface area contributed by atoms with Crippen LogP contribution in [0.5, 0.6) is 0 Å². The van der Waals surface area contributed by atoms with Gasteiger partial charge in [0.2, 0.25) is 23.6 Å². The van der Waals surface area contributed by atoms with Crippen molar-refractivity contribution in [1.29, 1.82) is 0 Å². The average Bonchev–Trinajstić information content (AvgIpc) is 2.76. The van der Waals surface area contributed by atoms with E-state index >= 15 is 0 Å². The Labute approximate surface area is 197 Å². The van der Waals surface area contributed by atoms with Crippen LogP contribution in [0.1, 0.15) is 44.9 Å². The van der Waals surface area contributed by atoms with Crippen LogP contribution < -0.4 is 44.6 Å². The second kappa shape index (κ2) is 17.1. The highest BCUT2D eigenvalue weighted by Crippen LogP contribution is 2.03. The first-order valence-corrected chi connectivity index (χ1v) is 10.9. The summed E-state index contributed by atoms with van der Waals surface area (Å²) in [5.41, 5.74) is 26.8. The second-order valence-electron chi connectivity index (χ2n) is 7.58. The van der Waals surface area contributed by atoms with Crippen LogP contribution in [0.2, 0.25) is 0 Å². The molecular formula is C19H37N9O6. The van der Waals surface area contributed by atoms with Gasteiger partial charge in [-0.3, -0.25) is 24.2 Å². The Morgan fingerprint density at radius 3 is 2.09 bits per heavy atom. The van der Waals surface area contributed by atoms with Gasteiger partial charge in [0, 0.05) is 13.0 Å². The summed E-state index contributed by atoms with van der Waals surface area (Å²) in [6.07, 6.45) is 1.73. The lowest BCUT2D eigenvalue weighted by molar-refractivity contribution is -0.142. The predicted octanol–water partition coefficient (Wildman–Crippen LogP) is -4.07. The number of nitrogens with zero attached hydrogens (tertiary/aromatic N) is 1. The minimum Gasteiger partial charge on any atom is -0.480 e. The molecule has 3 atom stereocenters. The molecule has 3 unspecified atom stereocenters. The van der Waals surface area contributed by atoms with Crippen LogP contribution in [0.3, 0.4) is 0 Å². The summed E-state index contributed by atoms with van der Waals surface area (Å²) < 4.78 is 0. The van der Waals surface area contributed by atoms with E-state index in [1.54, 1.807) is 0 Å². The molecule has 0 aliphatic rings. The third-order valence-corrected chi connectivity index (χ3v) is 4.62. The van der Waals surface area contributed by atoms with E-state index in [0.29, 0.717) is 32.4 Å². The molecule has 34 heavy (non-hydrogen) atoms. The van der Waals surface area contributed by atoms with Crippen LogP contribution in [-0.4, -0.2) is 78.4 Å². The molecule has 194 valence electrons. The summed E-state index contributed by atoms with van der Waals surface area (Å²) in [6, 6.07) is -3.21. The van der Waals surface area contributed by atoms with E-state index < -0.39 is 54.3 Å². The molecule has 0 aromatic heterocycles. The standard InChI is InChI=1S/C19H37N9O6/c20-8-2-1-5-12(28-16(31)11(21)4-3-9-25-19(23)24)17(32)26-10-15(30)27-13(18(33)34)6-7-14(22)29/h11-13H,1-10,20-21H2,(H2,22,29)(H,26,32)(H,27,30)(H,28,31)(H,33,34)(H4,23,24,25). The van der Waals surface area contributed by atoms with Gasteiger partial charge in [0.1, 0.15) is 12.1 Å². The number of carboxylic acids is 1. The van der Waals surface area contributed by atoms with E-state index in [2.05, 4.69) is 20.9 Å². The van der Waals surface area contributed by atoms with Crippen molar-refractivity contribution >= 4 is 35.6 Å². The number of nitrogens with one attached hydrogen (secondary N) is 3. The number of aliphatic carboxylic acids is 1. The molecule has 0 saturated heterocycles. The predicted molar refractivity (Wildman–Crippen MR) is 124 cm³/mol. The van der Waals surface area contributed by atoms with Gasteiger partial charge in [-0.1, -0.05) is 0 Å². The lowest BCUT2D eigenvalue weighted by Crippen LogP contribution is -2.53. The van der Waals surface area contributed by atoms with E-state index in [1.165, 1.54) is 0 Å². The Morgan fingerprint density at radius 2 is 1.53 bits per heavy atom. The molecule has 0 aromatic carbocycles. The molecule has 0 saturated carbocycles. The summed E-state index contributed by atoms with van der Waals surface area (Å²) in [7, 11) is 0. The van der Waals surface area contributed by atoms with Gasteiger partial charge in [-0.05, 0) is 45.1 Å². The minimum absolute atomic E-state index is 0.0683. The van der Waals surface area contributed by atoms with Crippen molar-refractivity contribution in [3.05, 3.63) is 0 Å². The van der Waals surface area contributed by atoms with E-state index in [-0.39, 0.29) is 31.6 Å². The number of carboxylic acid groups (broad SMARTS) is 1. The van der Waals surface area contributed by atoms with Crippen LogP contribution in [0, 0.1) is 0 Å². The summed E-state index contributed by atoms with van der Waals surface area (Å²) in [5, 5.41) is 16.3. The number of hydrogen-bond donors (Lipinski definition) is 9. The lowest BCUT2D eigenvalue weighted by atomic mass is 10.1. The molecule has 0 aliphatic heterocycles. The monoisotopic (exact) mass is 487 g/mol. The summed E-state index contributed by atoms with van der Waals surface area (Å²) in [4.78, 5) is 62.9. The van der Waals surface area contributed by atoms with Crippen LogP contribution in [0.4, 0.5) is 0 Å². The first-order chi connectivity index (χ1) is 16.0. The number of rotatable bonds is 18. The molecule has 0 heterocycles. The van der Waals surface area contributed by atoms with Gasteiger partial charge in [0.25, 0.3) is 0 Å². The Kier molecular flexibility index (Phi) is 15.3. The van der Waals surface area contributed by atoms with Crippen LogP contribution >= 0.6 is 0 Å². The molecule has 0 radical (unpaired) electrons. The van der Waals surface area contributed by atoms with Crippen molar-refractivity contribution < 1.29 is 29.1 Å². The molecule has 0 aliphatic carbocycles. The van der Waals surface area contributed by atoms with Crippen molar-refractivity contribution in [1.82, 2.24) is 16.0 Å². The van der Waals surface area contributed by atoms with E-state index in [0.717, 1.165) is 0 Å². The normalized spacial score (nSPS) is 13.1. The topological polar surface area (TPSA) is 284 Å². The number of nitrogens with two attached hydrogens (primary N) is 5. The number of hydrogen-bond acceptors (Lipinski definition) is 8. The van der Waals surface area contributed by atoms with Crippen molar-refractivity contribution in [2.24, 2.45) is 33.7 Å². The minimum atomic E-state index is -1.35. The Bertz CT molecular complexity index is 727. The number of primary amides is 1. The lowest BCUT2D eigenvalue weighted by Gasteiger charge is -2.21. The SMILES string of the molecule is NCCCCC(NC(=O)C(N)CCCN=C(N)N)C(=O)NCC(=O)NC(CCC(N)=O)C(=O)O. The van der Waals surface area contributed by atoms with Gasteiger partial charge in [-0.15, -0.1) is 0 Å². The molecule has 4 amide bonds. The fourth-order valence-corrected chi connectivity index (χ4v) is 2.77. The van der Waals surface area contributed by atoms with Crippen LogP contribution in [0.25, 0.3) is 0 Å². The fourth-order valence-electron chi connectivity index (χ4n) is 2.77. The smallest absolute Gasteiger partial charge is 0.326 e. The van der Waals surface area contributed by atoms with E-state index in [9.17, 15) is 24.0 Å².